The first-order chi connectivity index (χ1) is 5.03. The lowest BCUT2D eigenvalue weighted by atomic mass is 10.1. The quantitative estimate of drug-likeness (QED) is 0.405. The van der Waals surface area contributed by atoms with E-state index in [9.17, 15) is 4.79 Å². The zero-order valence-electron chi connectivity index (χ0n) is 6.80. The maximum absolute atomic E-state index is 10.7. The highest BCUT2D eigenvalue weighted by atomic mass is 35.5. The van der Waals surface area contributed by atoms with Gasteiger partial charge in [-0.05, 0) is 28.9 Å². The summed E-state index contributed by atoms with van der Waals surface area (Å²) in [6, 6.07) is 0. The standard InChI is InChI=1S/C8H12ClNO/c1-8(2)5-3-10(7(9)11)4-6(5)8/h5-6H,3-4H2,1-2H3. The van der Waals surface area contributed by atoms with E-state index >= 15 is 0 Å². The van der Waals surface area contributed by atoms with Crippen molar-refractivity contribution in [2.75, 3.05) is 13.1 Å². The zero-order chi connectivity index (χ0) is 8.22. The van der Waals surface area contributed by atoms with Crippen molar-refractivity contribution in [3.8, 4) is 0 Å². The van der Waals surface area contributed by atoms with Crippen molar-refractivity contribution in [2.45, 2.75) is 13.8 Å². The van der Waals surface area contributed by atoms with Crippen molar-refractivity contribution in [2.24, 2.45) is 17.3 Å². The summed E-state index contributed by atoms with van der Waals surface area (Å²) in [5, 5.41) is -0.284. The number of hydrogen-bond donors (Lipinski definition) is 0. The van der Waals surface area contributed by atoms with Gasteiger partial charge in [0.05, 0.1) is 0 Å². The number of fused-ring (bicyclic) bond motifs is 1. The Bertz CT molecular complexity index is 200. The van der Waals surface area contributed by atoms with Crippen LogP contribution in [0.15, 0.2) is 0 Å². The molecule has 1 aliphatic carbocycles. The third kappa shape index (κ3) is 0.886. The first-order valence-electron chi connectivity index (χ1n) is 3.98. The lowest BCUT2D eigenvalue weighted by molar-refractivity contribution is 0.219. The molecule has 2 aliphatic rings. The molecular weight excluding hydrogens is 162 g/mol. The van der Waals surface area contributed by atoms with Crippen LogP contribution >= 0.6 is 11.6 Å². The number of likely N-dealkylation sites (tertiary alicyclic amines) is 1. The predicted octanol–water partition coefficient (Wildman–Crippen LogP) is 1.93. The SMILES string of the molecule is CC1(C)C2CN(C(=O)Cl)CC21. The van der Waals surface area contributed by atoms with Gasteiger partial charge in [0.2, 0.25) is 0 Å². The van der Waals surface area contributed by atoms with E-state index in [2.05, 4.69) is 13.8 Å². The number of piperidine rings is 1. The summed E-state index contributed by atoms with van der Waals surface area (Å²) in [6.07, 6.45) is 0. The van der Waals surface area contributed by atoms with E-state index in [1.54, 1.807) is 4.90 Å². The second-order valence-corrected chi connectivity index (χ2v) is 4.52. The van der Waals surface area contributed by atoms with Gasteiger partial charge in [0, 0.05) is 13.1 Å². The molecule has 3 heteroatoms. The lowest BCUT2D eigenvalue weighted by Gasteiger charge is -2.18. The Labute approximate surface area is 71.5 Å². The van der Waals surface area contributed by atoms with E-state index in [1.165, 1.54) is 0 Å². The van der Waals surface area contributed by atoms with Gasteiger partial charge in [-0.15, -0.1) is 0 Å². The van der Waals surface area contributed by atoms with E-state index < -0.39 is 0 Å². The number of carbonyl (C=O) groups is 1. The fraction of sp³-hybridized carbons (Fsp3) is 0.875. The number of halogens is 1. The molecule has 2 unspecified atom stereocenters. The summed E-state index contributed by atoms with van der Waals surface area (Å²) in [4.78, 5) is 12.5. The summed E-state index contributed by atoms with van der Waals surface area (Å²) in [5.74, 6) is 1.43. The average molecular weight is 174 g/mol. The van der Waals surface area contributed by atoms with Gasteiger partial charge >= 0.3 is 5.37 Å². The predicted molar refractivity (Wildman–Crippen MR) is 43.6 cm³/mol. The number of hydrogen-bond acceptors (Lipinski definition) is 1. The van der Waals surface area contributed by atoms with Crippen LogP contribution in [0.3, 0.4) is 0 Å². The Morgan fingerprint density at radius 3 is 2.27 bits per heavy atom. The minimum absolute atomic E-state index is 0.284. The zero-order valence-corrected chi connectivity index (χ0v) is 7.56. The van der Waals surface area contributed by atoms with E-state index in [-0.39, 0.29) is 5.37 Å². The lowest BCUT2D eigenvalue weighted by Crippen LogP contribution is -2.28. The maximum atomic E-state index is 10.7. The van der Waals surface area contributed by atoms with Gasteiger partial charge in [0.25, 0.3) is 0 Å². The van der Waals surface area contributed by atoms with Crippen molar-refractivity contribution in [3.05, 3.63) is 0 Å². The van der Waals surface area contributed by atoms with Crippen LogP contribution in [0, 0.1) is 17.3 Å². The fourth-order valence-electron chi connectivity index (χ4n) is 2.28. The van der Waals surface area contributed by atoms with E-state index in [4.69, 9.17) is 11.6 Å². The number of amides is 1. The van der Waals surface area contributed by atoms with Crippen molar-refractivity contribution in [3.63, 3.8) is 0 Å². The highest BCUT2D eigenvalue weighted by molar-refractivity contribution is 6.62. The second kappa shape index (κ2) is 1.92. The van der Waals surface area contributed by atoms with Crippen LogP contribution in [0.2, 0.25) is 0 Å². The van der Waals surface area contributed by atoms with Crippen LogP contribution in [0.1, 0.15) is 13.8 Å². The van der Waals surface area contributed by atoms with Crippen molar-refractivity contribution in [1.82, 2.24) is 4.90 Å². The molecule has 0 aromatic carbocycles. The fourth-order valence-corrected chi connectivity index (χ4v) is 2.41. The molecule has 0 radical (unpaired) electrons. The number of rotatable bonds is 0. The van der Waals surface area contributed by atoms with Crippen LogP contribution in [0.25, 0.3) is 0 Å². The molecule has 2 nitrogen and oxygen atoms in total. The Morgan fingerprint density at radius 2 is 1.91 bits per heavy atom. The molecule has 11 heavy (non-hydrogen) atoms. The molecule has 0 aromatic heterocycles. The molecule has 1 amide bonds. The Morgan fingerprint density at radius 1 is 1.45 bits per heavy atom. The monoisotopic (exact) mass is 173 g/mol. The molecule has 1 saturated carbocycles. The molecule has 2 fully saturated rings. The van der Waals surface area contributed by atoms with Crippen LogP contribution in [-0.4, -0.2) is 23.4 Å². The largest absolute Gasteiger partial charge is 0.329 e. The Balaban J connectivity index is 2.00. The first kappa shape index (κ1) is 7.41. The van der Waals surface area contributed by atoms with Gasteiger partial charge in [-0.1, -0.05) is 13.8 Å². The van der Waals surface area contributed by atoms with E-state index in [0.717, 1.165) is 13.1 Å². The van der Waals surface area contributed by atoms with E-state index in [1.807, 2.05) is 0 Å². The molecule has 1 saturated heterocycles. The molecule has 1 heterocycles. The van der Waals surface area contributed by atoms with Gasteiger partial charge in [0.1, 0.15) is 0 Å². The number of nitrogens with zero attached hydrogens (tertiary/aromatic N) is 1. The minimum atomic E-state index is -0.284. The van der Waals surface area contributed by atoms with Gasteiger partial charge < -0.3 is 4.90 Å². The molecule has 0 bridgehead atoms. The third-order valence-corrected chi connectivity index (χ3v) is 3.61. The minimum Gasteiger partial charge on any atom is -0.329 e. The molecule has 2 rings (SSSR count). The summed E-state index contributed by atoms with van der Waals surface area (Å²) in [7, 11) is 0. The first-order valence-corrected chi connectivity index (χ1v) is 4.35. The molecular formula is C8H12ClNO. The molecule has 62 valence electrons. The molecule has 2 atom stereocenters. The summed E-state index contributed by atoms with van der Waals surface area (Å²) < 4.78 is 0. The number of carbonyl (C=O) groups excluding carboxylic acids is 1. The van der Waals surface area contributed by atoms with Gasteiger partial charge in [0.15, 0.2) is 0 Å². The smallest absolute Gasteiger partial charge is 0.316 e. The third-order valence-electron chi connectivity index (χ3n) is 3.37. The molecule has 0 aromatic rings. The van der Waals surface area contributed by atoms with Gasteiger partial charge in [-0.3, -0.25) is 4.79 Å². The average Bonchev–Trinajstić information content (AvgIpc) is 2.28. The van der Waals surface area contributed by atoms with E-state index in [0.29, 0.717) is 17.3 Å². The molecule has 1 aliphatic heterocycles. The molecule has 0 spiro atoms. The Kier molecular flexibility index (Phi) is 1.29. The van der Waals surface area contributed by atoms with Gasteiger partial charge in [-0.2, -0.15) is 0 Å². The second-order valence-electron chi connectivity index (χ2n) is 4.19. The van der Waals surface area contributed by atoms with Crippen LogP contribution in [-0.2, 0) is 0 Å². The van der Waals surface area contributed by atoms with Crippen LogP contribution < -0.4 is 0 Å². The molecule has 0 N–H and O–H groups in total. The highest BCUT2D eigenvalue weighted by Crippen LogP contribution is 2.61. The van der Waals surface area contributed by atoms with Crippen LogP contribution in [0.4, 0.5) is 4.79 Å². The van der Waals surface area contributed by atoms with Crippen molar-refractivity contribution < 1.29 is 4.79 Å². The summed E-state index contributed by atoms with van der Waals surface area (Å²) in [6.45, 7) is 6.27. The summed E-state index contributed by atoms with van der Waals surface area (Å²) in [5.41, 5.74) is 0.475. The maximum Gasteiger partial charge on any atom is 0.316 e. The highest BCUT2D eigenvalue weighted by Gasteiger charge is 2.62. The summed E-state index contributed by atoms with van der Waals surface area (Å²) >= 11 is 5.35. The Hall–Kier alpha value is -0.240. The van der Waals surface area contributed by atoms with Crippen molar-refractivity contribution >= 4 is 17.0 Å². The topological polar surface area (TPSA) is 20.3 Å². The normalized spacial score (nSPS) is 38.6. The van der Waals surface area contributed by atoms with Gasteiger partial charge in [-0.25, -0.2) is 0 Å². The van der Waals surface area contributed by atoms with Crippen molar-refractivity contribution in [1.29, 1.82) is 0 Å². The van der Waals surface area contributed by atoms with Crippen LogP contribution in [0.5, 0.6) is 0 Å².